The molecule has 1 aliphatic heterocycles. The van der Waals surface area contributed by atoms with Crippen LogP contribution in [0.4, 0.5) is 5.82 Å². The molecule has 0 amide bonds. The molecule has 1 fully saturated rings. The van der Waals surface area contributed by atoms with Gasteiger partial charge in [-0.15, -0.1) is 5.10 Å². The Hall–Kier alpha value is -1.69. The summed E-state index contributed by atoms with van der Waals surface area (Å²) in [6.07, 6.45) is 4.32. The van der Waals surface area contributed by atoms with Crippen LogP contribution >= 0.6 is 0 Å². The molecule has 6 heteroatoms. The second-order valence-corrected chi connectivity index (χ2v) is 5.13. The minimum atomic E-state index is 0.369. The molecule has 3 rings (SSSR count). The van der Waals surface area contributed by atoms with Crippen LogP contribution in [0.3, 0.4) is 0 Å². The lowest BCUT2D eigenvalue weighted by Gasteiger charge is -2.14. The van der Waals surface area contributed by atoms with Gasteiger partial charge >= 0.3 is 0 Å². The SMILES string of the molecule is C[C@@H]1CCO[C@@H]1CCNc1nccc2c1nnn2C. The third kappa shape index (κ3) is 2.40. The number of aromatic nitrogens is 4. The Morgan fingerprint density at radius 2 is 2.42 bits per heavy atom. The fourth-order valence-electron chi connectivity index (χ4n) is 2.55. The maximum absolute atomic E-state index is 5.70. The van der Waals surface area contributed by atoms with Crippen molar-refractivity contribution < 1.29 is 4.74 Å². The van der Waals surface area contributed by atoms with Gasteiger partial charge in [0.1, 0.15) is 0 Å². The molecule has 19 heavy (non-hydrogen) atoms. The van der Waals surface area contributed by atoms with E-state index in [-0.39, 0.29) is 0 Å². The Bertz CT molecular complexity index is 567. The van der Waals surface area contributed by atoms with E-state index in [1.807, 2.05) is 13.1 Å². The molecule has 0 aromatic carbocycles. The number of aryl methyl sites for hydroxylation is 1. The zero-order valence-electron chi connectivity index (χ0n) is 11.3. The molecule has 2 atom stereocenters. The van der Waals surface area contributed by atoms with Crippen LogP contribution in [0.1, 0.15) is 19.8 Å². The maximum Gasteiger partial charge on any atom is 0.156 e. The Kier molecular flexibility index (Phi) is 3.33. The summed E-state index contributed by atoms with van der Waals surface area (Å²) in [5, 5.41) is 11.5. The van der Waals surface area contributed by atoms with E-state index in [4.69, 9.17) is 4.74 Å². The first-order chi connectivity index (χ1) is 9.25. The average Bonchev–Trinajstić information content (AvgIpc) is 2.98. The lowest BCUT2D eigenvalue weighted by atomic mass is 10.0. The highest BCUT2D eigenvalue weighted by Crippen LogP contribution is 2.23. The lowest BCUT2D eigenvalue weighted by molar-refractivity contribution is 0.0899. The van der Waals surface area contributed by atoms with E-state index in [0.717, 1.165) is 36.4 Å². The number of ether oxygens (including phenoxy) is 1. The van der Waals surface area contributed by atoms with Crippen LogP contribution in [-0.4, -0.2) is 39.2 Å². The maximum atomic E-state index is 5.70. The van der Waals surface area contributed by atoms with Crippen LogP contribution in [0.5, 0.6) is 0 Å². The van der Waals surface area contributed by atoms with Crippen molar-refractivity contribution in [2.24, 2.45) is 13.0 Å². The third-order valence-electron chi connectivity index (χ3n) is 3.79. The second kappa shape index (κ2) is 5.13. The standard InChI is InChI=1S/C13H19N5O/c1-9-5-8-19-11(9)4-7-15-13-12-10(3-6-14-13)18(2)17-16-12/h3,6,9,11H,4-5,7-8H2,1-2H3,(H,14,15)/t9-,11-/m1/s1. The molecule has 1 aliphatic rings. The van der Waals surface area contributed by atoms with Gasteiger partial charge in [-0.05, 0) is 24.8 Å². The van der Waals surface area contributed by atoms with Crippen LogP contribution in [-0.2, 0) is 11.8 Å². The fraction of sp³-hybridized carbons (Fsp3) is 0.615. The number of anilines is 1. The van der Waals surface area contributed by atoms with E-state index in [0.29, 0.717) is 12.0 Å². The van der Waals surface area contributed by atoms with Crippen molar-refractivity contribution >= 4 is 16.9 Å². The van der Waals surface area contributed by atoms with Crippen molar-refractivity contribution in [1.82, 2.24) is 20.0 Å². The monoisotopic (exact) mass is 261 g/mol. The molecule has 3 heterocycles. The highest BCUT2D eigenvalue weighted by molar-refractivity contribution is 5.84. The summed E-state index contributed by atoms with van der Waals surface area (Å²) >= 11 is 0. The van der Waals surface area contributed by atoms with E-state index in [2.05, 4.69) is 27.5 Å². The summed E-state index contributed by atoms with van der Waals surface area (Å²) in [6, 6.07) is 1.92. The van der Waals surface area contributed by atoms with Gasteiger partial charge in [0.25, 0.3) is 0 Å². The quantitative estimate of drug-likeness (QED) is 0.905. The third-order valence-corrected chi connectivity index (χ3v) is 3.79. The number of nitrogens with one attached hydrogen (secondary N) is 1. The fourth-order valence-corrected chi connectivity index (χ4v) is 2.55. The molecule has 0 unspecified atom stereocenters. The summed E-state index contributed by atoms with van der Waals surface area (Å²) in [6.45, 7) is 3.99. The van der Waals surface area contributed by atoms with Gasteiger partial charge in [0.15, 0.2) is 11.3 Å². The normalized spacial score (nSPS) is 23.1. The van der Waals surface area contributed by atoms with Crippen molar-refractivity contribution in [2.45, 2.75) is 25.9 Å². The van der Waals surface area contributed by atoms with E-state index in [1.54, 1.807) is 10.9 Å². The van der Waals surface area contributed by atoms with E-state index in [1.165, 1.54) is 6.42 Å². The first kappa shape index (κ1) is 12.3. The number of hydrogen-bond acceptors (Lipinski definition) is 5. The van der Waals surface area contributed by atoms with Gasteiger partial charge in [-0.1, -0.05) is 12.1 Å². The Morgan fingerprint density at radius 1 is 1.53 bits per heavy atom. The van der Waals surface area contributed by atoms with E-state index >= 15 is 0 Å². The molecule has 1 saturated heterocycles. The van der Waals surface area contributed by atoms with Crippen LogP contribution in [0.15, 0.2) is 12.3 Å². The molecule has 0 aliphatic carbocycles. The molecule has 2 aromatic heterocycles. The van der Waals surface area contributed by atoms with Crippen molar-refractivity contribution in [1.29, 1.82) is 0 Å². The first-order valence-corrected chi connectivity index (χ1v) is 6.75. The van der Waals surface area contributed by atoms with Gasteiger partial charge in [0.2, 0.25) is 0 Å². The highest BCUT2D eigenvalue weighted by atomic mass is 16.5. The number of pyridine rings is 1. The summed E-state index contributed by atoms with van der Waals surface area (Å²) in [5.41, 5.74) is 1.81. The zero-order chi connectivity index (χ0) is 13.2. The molecule has 0 bridgehead atoms. The molecule has 1 N–H and O–H groups in total. The summed E-state index contributed by atoms with van der Waals surface area (Å²) in [4.78, 5) is 4.34. The van der Waals surface area contributed by atoms with Crippen LogP contribution in [0, 0.1) is 5.92 Å². The van der Waals surface area contributed by atoms with E-state index < -0.39 is 0 Å². The van der Waals surface area contributed by atoms with Crippen LogP contribution in [0.2, 0.25) is 0 Å². The molecule has 0 radical (unpaired) electrons. The number of nitrogens with zero attached hydrogens (tertiary/aromatic N) is 4. The minimum Gasteiger partial charge on any atom is -0.378 e. The smallest absolute Gasteiger partial charge is 0.156 e. The minimum absolute atomic E-state index is 0.369. The van der Waals surface area contributed by atoms with E-state index in [9.17, 15) is 0 Å². The van der Waals surface area contributed by atoms with Crippen molar-refractivity contribution in [3.63, 3.8) is 0 Å². The molecule has 0 spiro atoms. The van der Waals surface area contributed by atoms with Crippen molar-refractivity contribution in [3.05, 3.63) is 12.3 Å². The molecule has 2 aromatic rings. The lowest BCUT2D eigenvalue weighted by Crippen LogP contribution is -2.18. The van der Waals surface area contributed by atoms with Gasteiger partial charge in [0.05, 0.1) is 11.6 Å². The second-order valence-electron chi connectivity index (χ2n) is 5.13. The van der Waals surface area contributed by atoms with Crippen LogP contribution in [0.25, 0.3) is 11.0 Å². The first-order valence-electron chi connectivity index (χ1n) is 6.75. The number of rotatable bonds is 4. The Labute approximate surface area is 112 Å². The largest absolute Gasteiger partial charge is 0.378 e. The molecule has 0 saturated carbocycles. The van der Waals surface area contributed by atoms with Gasteiger partial charge in [-0.2, -0.15) is 0 Å². The predicted octanol–water partition coefficient (Wildman–Crippen LogP) is 1.59. The molecular formula is C13H19N5O. The van der Waals surface area contributed by atoms with Crippen LogP contribution < -0.4 is 5.32 Å². The topological polar surface area (TPSA) is 64.9 Å². The average molecular weight is 261 g/mol. The Morgan fingerprint density at radius 3 is 3.21 bits per heavy atom. The van der Waals surface area contributed by atoms with Crippen molar-refractivity contribution in [2.75, 3.05) is 18.5 Å². The van der Waals surface area contributed by atoms with Gasteiger partial charge in [-0.3, -0.25) is 0 Å². The zero-order valence-corrected chi connectivity index (χ0v) is 11.3. The summed E-state index contributed by atoms with van der Waals surface area (Å²) < 4.78 is 7.46. The van der Waals surface area contributed by atoms with Crippen molar-refractivity contribution in [3.8, 4) is 0 Å². The molecule has 102 valence electrons. The molecular weight excluding hydrogens is 242 g/mol. The number of hydrogen-bond donors (Lipinski definition) is 1. The van der Waals surface area contributed by atoms with Gasteiger partial charge in [0, 0.05) is 26.4 Å². The predicted molar refractivity (Wildman–Crippen MR) is 72.9 cm³/mol. The summed E-state index contributed by atoms with van der Waals surface area (Å²) in [7, 11) is 1.88. The van der Waals surface area contributed by atoms with Gasteiger partial charge < -0.3 is 10.1 Å². The molecule has 6 nitrogen and oxygen atoms in total. The summed E-state index contributed by atoms with van der Waals surface area (Å²) in [5.74, 6) is 1.46. The van der Waals surface area contributed by atoms with Gasteiger partial charge in [-0.25, -0.2) is 9.67 Å². The highest BCUT2D eigenvalue weighted by Gasteiger charge is 2.23. The Balaban J connectivity index is 1.65. The number of fused-ring (bicyclic) bond motifs is 1.